The van der Waals surface area contributed by atoms with Gasteiger partial charge in [-0.05, 0) is 31.2 Å². The molecule has 0 amide bonds. The monoisotopic (exact) mass is 360 g/mol. The summed E-state index contributed by atoms with van der Waals surface area (Å²) < 4.78 is 6.54. The molecule has 27 heavy (non-hydrogen) atoms. The first kappa shape index (κ1) is 16.8. The molecule has 0 aliphatic heterocycles. The van der Waals surface area contributed by atoms with Gasteiger partial charge in [0.1, 0.15) is 13.2 Å². The number of aromatic nitrogens is 4. The summed E-state index contributed by atoms with van der Waals surface area (Å²) in [6.45, 7) is 1.61. The Kier molecular flexibility index (Phi) is 4.33. The molecule has 7 heteroatoms. The average molecular weight is 360 g/mol. The van der Waals surface area contributed by atoms with Gasteiger partial charge in [0.15, 0.2) is 0 Å². The van der Waals surface area contributed by atoms with E-state index in [9.17, 15) is 9.59 Å². The summed E-state index contributed by atoms with van der Waals surface area (Å²) in [6, 6.07) is 14.5. The van der Waals surface area contributed by atoms with Gasteiger partial charge < -0.3 is 4.74 Å². The van der Waals surface area contributed by atoms with Crippen molar-refractivity contribution in [3.8, 4) is 0 Å². The smallest absolute Gasteiger partial charge is 0.326 e. The SMILES string of the molecule is Cc1nc2ccccc2nc1COC(=O)Cn1cnc2ccccc2c1=O. The zero-order chi connectivity index (χ0) is 18.8. The molecule has 4 rings (SSSR count). The van der Waals surface area contributed by atoms with E-state index in [1.54, 1.807) is 24.3 Å². The lowest BCUT2D eigenvalue weighted by molar-refractivity contribution is -0.145. The molecule has 2 aromatic carbocycles. The molecular formula is C20H16N4O3. The summed E-state index contributed by atoms with van der Waals surface area (Å²) >= 11 is 0. The van der Waals surface area contributed by atoms with Crippen LogP contribution in [0.3, 0.4) is 0 Å². The quantitative estimate of drug-likeness (QED) is 0.519. The third kappa shape index (κ3) is 3.39. The van der Waals surface area contributed by atoms with E-state index in [-0.39, 0.29) is 18.7 Å². The molecule has 0 unspecified atom stereocenters. The Morgan fingerprint density at radius 3 is 2.44 bits per heavy atom. The molecule has 0 aliphatic rings. The fourth-order valence-corrected chi connectivity index (χ4v) is 2.81. The van der Waals surface area contributed by atoms with Crippen LogP contribution in [0.4, 0.5) is 0 Å². The minimum atomic E-state index is -0.538. The third-order valence-electron chi connectivity index (χ3n) is 4.24. The minimum absolute atomic E-state index is 0.00172. The standard InChI is InChI=1S/C20H16N4O3/c1-13-18(23-17-9-5-4-8-16(17)22-13)11-27-19(25)10-24-12-21-15-7-3-2-6-14(15)20(24)26/h2-9,12H,10-11H2,1H3. The Hall–Kier alpha value is -3.61. The normalized spacial score (nSPS) is 11.0. The zero-order valence-corrected chi connectivity index (χ0v) is 14.6. The van der Waals surface area contributed by atoms with Crippen molar-refractivity contribution in [2.75, 3.05) is 0 Å². The number of para-hydroxylation sites is 3. The van der Waals surface area contributed by atoms with Crippen molar-refractivity contribution < 1.29 is 9.53 Å². The topological polar surface area (TPSA) is 87.0 Å². The van der Waals surface area contributed by atoms with E-state index in [0.717, 1.165) is 11.0 Å². The van der Waals surface area contributed by atoms with Crippen LogP contribution in [0, 0.1) is 6.92 Å². The molecule has 0 saturated carbocycles. The van der Waals surface area contributed by atoms with Crippen molar-refractivity contribution in [2.24, 2.45) is 0 Å². The molecule has 0 saturated heterocycles. The number of ether oxygens (including phenoxy) is 1. The van der Waals surface area contributed by atoms with Gasteiger partial charge in [0.25, 0.3) is 5.56 Å². The highest BCUT2D eigenvalue weighted by Gasteiger charge is 2.11. The van der Waals surface area contributed by atoms with Crippen LogP contribution in [0.15, 0.2) is 59.7 Å². The molecule has 7 nitrogen and oxygen atoms in total. The second-order valence-electron chi connectivity index (χ2n) is 6.10. The molecule has 2 heterocycles. The third-order valence-corrected chi connectivity index (χ3v) is 4.24. The van der Waals surface area contributed by atoms with Gasteiger partial charge in [-0.2, -0.15) is 0 Å². The number of benzene rings is 2. The van der Waals surface area contributed by atoms with Crippen LogP contribution in [0.2, 0.25) is 0 Å². The number of esters is 1. The Morgan fingerprint density at radius 1 is 1.00 bits per heavy atom. The fraction of sp³-hybridized carbons (Fsp3) is 0.150. The predicted octanol–water partition coefficient (Wildman–Crippen LogP) is 2.39. The van der Waals surface area contributed by atoms with Gasteiger partial charge in [-0.25, -0.2) is 15.0 Å². The Morgan fingerprint density at radius 2 is 1.67 bits per heavy atom. The highest BCUT2D eigenvalue weighted by atomic mass is 16.5. The maximum absolute atomic E-state index is 12.4. The Balaban J connectivity index is 1.50. The van der Waals surface area contributed by atoms with Gasteiger partial charge in [-0.15, -0.1) is 0 Å². The number of carbonyl (C=O) groups is 1. The molecule has 4 aromatic rings. The van der Waals surface area contributed by atoms with Gasteiger partial charge >= 0.3 is 5.97 Å². The van der Waals surface area contributed by atoms with Crippen LogP contribution < -0.4 is 5.56 Å². The molecular weight excluding hydrogens is 344 g/mol. The minimum Gasteiger partial charge on any atom is -0.458 e. The molecule has 2 aromatic heterocycles. The van der Waals surface area contributed by atoms with Crippen molar-refractivity contribution in [3.63, 3.8) is 0 Å². The first-order valence-corrected chi connectivity index (χ1v) is 8.44. The van der Waals surface area contributed by atoms with E-state index in [2.05, 4.69) is 15.0 Å². The molecule has 0 spiro atoms. The van der Waals surface area contributed by atoms with E-state index in [1.165, 1.54) is 10.9 Å². The van der Waals surface area contributed by atoms with Crippen molar-refractivity contribution in [1.29, 1.82) is 0 Å². The van der Waals surface area contributed by atoms with E-state index >= 15 is 0 Å². The molecule has 134 valence electrons. The van der Waals surface area contributed by atoms with Crippen LogP contribution in [0.5, 0.6) is 0 Å². The summed E-state index contributed by atoms with van der Waals surface area (Å²) in [6.07, 6.45) is 1.35. The second kappa shape index (κ2) is 6.95. The van der Waals surface area contributed by atoms with Crippen molar-refractivity contribution >= 4 is 27.9 Å². The number of carbonyl (C=O) groups excluding carboxylic acids is 1. The largest absolute Gasteiger partial charge is 0.458 e. The lowest BCUT2D eigenvalue weighted by atomic mass is 10.2. The Labute approximate surface area is 154 Å². The molecule has 0 atom stereocenters. The lowest BCUT2D eigenvalue weighted by Crippen LogP contribution is -2.25. The van der Waals surface area contributed by atoms with Crippen molar-refractivity contribution in [1.82, 2.24) is 19.5 Å². The van der Waals surface area contributed by atoms with Crippen molar-refractivity contribution in [2.45, 2.75) is 20.1 Å². The van der Waals surface area contributed by atoms with Crippen LogP contribution in [-0.2, 0) is 22.7 Å². The van der Waals surface area contributed by atoms with Crippen LogP contribution in [0.1, 0.15) is 11.4 Å². The predicted molar refractivity (Wildman–Crippen MR) is 100 cm³/mol. The summed E-state index contributed by atoms with van der Waals surface area (Å²) in [7, 11) is 0. The number of aryl methyl sites for hydroxylation is 1. The number of rotatable bonds is 4. The van der Waals surface area contributed by atoms with Crippen LogP contribution in [-0.4, -0.2) is 25.5 Å². The number of nitrogens with zero attached hydrogens (tertiary/aromatic N) is 4. The van der Waals surface area contributed by atoms with E-state index in [0.29, 0.717) is 22.3 Å². The first-order valence-electron chi connectivity index (χ1n) is 8.44. The number of hydrogen-bond acceptors (Lipinski definition) is 6. The fourth-order valence-electron chi connectivity index (χ4n) is 2.81. The second-order valence-corrected chi connectivity index (χ2v) is 6.10. The first-order chi connectivity index (χ1) is 13.1. The Bertz CT molecular complexity index is 1220. The summed E-state index contributed by atoms with van der Waals surface area (Å²) in [4.78, 5) is 37.8. The molecule has 0 N–H and O–H groups in total. The van der Waals surface area contributed by atoms with E-state index in [1.807, 2.05) is 31.2 Å². The lowest BCUT2D eigenvalue weighted by Gasteiger charge is -2.09. The van der Waals surface area contributed by atoms with Gasteiger partial charge in [-0.1, -0.05) is 24.3 Å². The maximum Gasteiger partial charge on any atom is 0.326 e. The molecule has 0 fully saturated rings. The average Bonchev–Trinajstić information content (AvgIpc) is 2.69. The van der Waals surface area contributed by atoms with Gasteiger partial charge in [-0.3, -0.25) is 14.2 Å². The summed E-state index contributed by atoms with van der Waals surface area (Å²) in [5.74, 6) is -0.538. The van der Waals surface area contributed by atoms with E-state index in [4.69, 9.17) is 4.74 Å². The molecule has 0 aliphatic carbocycles. The summed E-state index contributed by atoms with van der Waals surface area (Å²) in [5.41, 5.74) is 3.13. The maximum atomic E-state index is 12.4. The summed E-state index contributed by atoms with van der Waals surface area (Å²) in [5, 5.41) is 0.462. The van der Waals surface area contributed by atoms with Gasteiger partial charge in [0, 0.05) is 0 Å². The van der Waals surface area contributed by atoms with Crippen LogP contribution in [0.25, 0.3) is 21.9 Å². The number of hydrogen-bond donors (Lipinski definition) is 0. The highest BCUT2D eigenvalue weighted by molar-refractivity contribution is 5.77. The van der Waals surface area contributed by atoms with Gasteiger partial charge in [0.05, 0.1) is 39.7 Å². The molecule has 0 radical (unpaired) electrons. The number of fused-ring (bicyclic) bond motifs is 2. The zero-order valence-electron chi connectivity index (χ0n) is 14.6. The van der Waals surface area contributed by atoms with Crippen LogP contribution >= 0.6 is 0 Å². The van der Waals surface area contributed by atoms with Gasteiger partial charge in [0.2, 0.25) is 0 Å². The van der Waals surface area contributed by atoms with E-state index < -0.39 is 5.97 Å². The highest BCUT2D eigenvalue weighted by Crippen LogP contribution is 2.13. The van der Waals surface area contributed by atoms with Crippen molar-refractivity contribution in [3.05, 3.63) is 76.6 Å². The molecule has 0 bridgehead atoms.